The molecule has 2 aromatic heterocycles. The minimum Gasteiger partial charge on any atom is -0.295 e. The van der Waals surface area contributed by atoms with Crippen molar-refractivity contribution in [1.82, 2.24) is 19.6 Å². The summed E-state index contributed by atoms with van der Waals surface area (Å²) in [5.74, 6) is 0.122. The highest BCUT2D eigenvalue weighted by atomic mass is 35.5. The van der Waals surface area contributed by atoms with E-state index in [4.69, 9.17) is 11.6 Å². The molecule has 146 valence electrons. The number of rotatable bonds is 5. The van der Waals surface area contributed by atoms with Crippen molar-refractivity contribution in [3.63, 3.8) is 0 Å². The van der Waals surface area contributed by atoms with Crippen LogP contribution in [0.15, 0.2) is 59.4 Å². The summed E-state index contributed by atoms with van der Waals surface area (Å²) in [7, 11) is 0. The summed E-state index contributed by atoms with van der Waals surface area (Å²) in [5.41, 5.74) is 2.80. The van der Waals surface area contributed by atoms with Gasteiger partial charge in [-0.15, -0.1) is 0 Å². The van der Waals surface area contributed by atoms with Gasteiger partial charge in [-0.25, -0.2) is 4.98 Å². The molecule has 0 saturated heterocycles. The Balaban J connectivity index is 1.57. The van der Waals surface area contributed by atoms with E-state index in [0.29, 0.717) is 22.7 Å². The summed E-state index contributed by atoms with van der Waals surface area (Å²) in [6.07, 6.45) is 0.632. The fourth-order valence-electron chi connectivity index (χ4n) is 3.08. The van der Waals surface area contributed by atoms with Crippen molar-refractivity contribution in [3.05, 3.63) is 92.4 Å². The zero-order chi connectivity index (χ0) is 20.4. The lowest BCUT2D eigenvalue weighted by Gasteiger charge is -2.04. The molecule has 8 heteroatoms. The molecule has 7 nitrogen and oxygen atoms in total. The largest absolute Gasteiger partial charge is 0.295 e. The molecular formula is C21H18ClN5O2. The van der Waals surface area contributed by atoms with Crippen molar-refractivity contribution >= 4 is 29.2 Å². The lowest BCUT2D eigenvalue weighted by atomic mass is 10.1. The van der Waals surface area contributed by atoms with Crippen LogP contribution < -0.4 is 10.9 Å². The average molecular weight is 408 g/mol. The SMILES string of the molecule is Cc1nc2nc(NC(=O)Cc3ccc(Cl)cc3)[nH]n2c(=O)c1Cc1ccccc1. The topological polar surface area (TPSA) is 92.2 Å². The lowest BCUT2D eigenvalue weighted by molar-refractivity contribution is -0.115. The molecular weight excluding hydrogens is 390 g/mol. The van der Waals surface area contributed by atoms with Gasteiger partial charge >= 0.3 is 0 Å². The van der Waals surface area contributed by atoms with E-state index in [9.17, 15) is 9.59 Å². The number of hydrogen-bond donors (Lipinski definition) is 2. The van der Waals surface area contributed by atoms with Gasteiger partial charge in [0.1, 0.15) is 0 Å². The molecule has 2 heterocycles. The number of aromatic amines is 1. The van der Waals surface area contributed by atoms with Crippen LogP contribution in [-0.2, 0) is 17.6 Å². The number of amides is 1. The van der Waals surface area contributed by atoms with E-state index in [2.05, 4.69) is 20.4 Å². The second-order valence-corrected chi connectivity index (χ2v) is 7.14. The number of carbonyl (C=O) groups is 1. The van der Waals surface area contributed by atoms with Crippen LogP contribution in [0.3, 0.4) is 0 Å². The number of halogens is 1. The predicted molar refractivity (Wildman–Crippen MR) is 111 cm³/mol. The molecule has 29 heavy (non-hydrogen) atoms. The van der Waals surface area contributed by atoms with Gasteiger partial charge in [-0.2, -0.15) is 9.50 Å². The Kier molecular flexibility index (Phi) is 5.14. The maximum atomic E-state index is 12.9. The van der Waals surface area contributed by atoms with Crippen LogP contribution in [0, 0.1) is 6.92 Å². The molecule has 0 saturated carbocycles. The number of aromatic nitrogens is 4. The Morgan fingerprint density at radius 1 is 1.07 bits per heavy atom. The first-order chi connectivity index (χ1) is 14.0. The van der Waals surface area contributed by atoms with Crippen molar-refractivity contribution in [2.45, 2.75) is 19.8 Å². The smallest absolute Gasteiger partial charge is 0.277 e. The number of H-pyrrole nitrogens is 1. The predicted octanol–water partition coefficient (Wildman–Crippen LogP) is 3.15. The van der Waals surface area contributed by atoms with Gasteiger partial charge in [0.25, 0.3) is 11.3 Å². The molecule has 0 aliphatic carbocycles. The summed E-state index contributed by atoms with van der Waals surface area (Å²) >= 11 is 5.86. The van der Waals surface area contributed by atoms with Crippen molar-refractivity contribution in [2.24, 2.45) is 0 Å². The Morgan fingerprint density at radius 2 is 1.79 bits per heavy atom. The quantitative estimate of drug-likeness (QED) is 0.531. The number of carbonyl (C=O) groups excluding carboxylic acids is 1. The number of nitrogens with zero attached hydrogens (tertiary/aromatic N) is 3. The Bertz CT molecular complexity index is 1230. The minimum atomic E-state index is -0.263. The maximum absolute atomic E-state index is 12.9. The van der Waals surface area contributed by atoms with Crippen LogP contribution in [0.4, 0.5) is 5.95 Å². The van der Waals surface area contributed by atoms with Gasteiger partial charge in [0.05, 0.1) is 12.1 Å². The fraction of sp³-hybridized carbons (Fsp3) is 0.143. The van der Waals surface area contributed by atoms with E-state index in [-0.39, 0.29) is 29.6 Å². The van der Waals surface area contributed by atoms with Crippen molar-refractivity contribution < 1.29 is 4.79 Å². The van der Waals surface area contributed by atoms with Crippen molar-refractivity contribution in [3.8, 4) is 0 Å². The van der Waals surface area contributed by atoms with Gasteiger partial charge in [0.15, 0.2) is 0 Å². The second-order valence-electron chi connectivity index (χ2n) is 6.70. The zero-order valence-electron chi connectivity index (χ0n) is 15.6. The van der Waals surface area contributed by atoms with Crippen LogP contribution in [0.1, 0.15) is 22.4 Å². The van der Waals surface area contributed by atoms with Gasteiger partial charge in [0.2, 0.25) is 11.9 Å². The van der Waals surface area contributed by atoms with E-state index in [1.54, 1.807) is 31.2 Å². The van der Waals surface area contributed by atoms with Crippen LogP contribution in [0.25, 0.3) is 5.78 Å². The minimum absolute atomic E-state index is 0.162. The van der Waals surface area contributed by atoms with E-state index in [1.807, 2.05) is 30.3 Å². The third kappa shape index (κ3) is 4.20. The molecule has 0 radical (unpaired) electrons. The summed E-state index contributed by atoms with van der Waals surface area (Å²) in [6.45, 7) is 1.78. The Hall–Kier alpha value is -3.45. The first kappa shape index (κ1) is 18.9. The van der Waals surface area contributed by atoms with E-state index in [1.165, 1.54) is 4.52 Å². The summed E-state index contributed by atoms with van der Waals surface area (Å²) in [6, 6.07) is 16.7. The van der Waals surface area contributed by atoms with Gasteiger partial charge < -0.3 is 0 Å². The van der Waals surface area contributed by atoms with Crippen LogP contribution in [0.2, 0.25) is 5.02 Å². The highest BCUT2D eigenvalue weighted by Crippen LogP contribution is 2.12. The van der Waals surface area contributed by atoms with Gasteiger partial charge in [-0.1, -0.05) is 54.1 Å². The second kappa shape index (κ2) is 7.89. The van der Waals surface area contributed by atoms with Gasteiger partial charge in [0, 0.05) is 17.0 Å². The fourth-order valence-corrected chi connectivity index (χ4v) is 3.20. The number of anilines is 1. The number of benzene rings is 2. The van der Waals surface area contributed by atoms with Crippen molar-refractivity contribution in [2.75, 3.05) is 5.32 Å². The standard InChI is InChI=1S/C21H18ClN5O2/c1-13-17(11-14-5-3-2-4-6-14)19(29)27-21(23-13)25-20(26-27)24-18(28)12-15-7-9-16(22)10-8-15/h2-10H,11-12H2,1H3,(H2,23,24,25,26,28). The van der Waals surface area contributed by atoms with E-state index >= 15 is 0 Å². The molecule has 0 unspecified atom stereocenters. The van der Waals surface area contributed by atoms with Gasteiger partial charge in [-0.05, 0) is 30.2 Å². The summed E-state index contributed by atoms with van der Waals surface area (Å²) in [4.78, 5) is 33.8. The number of aryl methyl sites for hydroxylation is 1. The maximum Gasteiger partial charge on any atom is 0.277 e. The molecule has 0 spiro atoms. The zero-order valence-corrected chi connectivity index (χ0v) is 16.4. The molecule has 4 rings (SSSR count). The third-order valence-corrected chi connectivity index (χ3v) is 4.81. The Morgan fingerprint density at radius 3 is 2.52 bits per heavy atom. The first-order valence-corrected chi connectivity index (χ1v) is 9.44. The lowest BCUT2D eigenvalue weighted by Crippen LogP contribution is -2.22. The first-order valence-electron chi connectivity index (χ1n) is 9.06. The molecule has 0 bridgehead atoms. The molecule has 0 aliphatic rings. The van der Waals surface area contributed by atoms with E-state index < -0.39 is 0 Å². The van der Waals surface area contributed by atoms with Crippen LogP contribution in [-0.4, -0.2) is 25.5 Å². The summed E-state index contributed by atoms with van der Waals surface area (Å²) < 4.78 is 1.25. The molecule has 1 amide bonds. The monoisotopic (exact) mass is 407 g/mol. The van der Waals surface area contributed by atoms with Crippen LogP contribution >= 0.6 is 11.6 Å². The molecule has 4 aromatic rings. The molecule has 0 fully saturated rings. The van der Waals surface area contributed by atoms with E-state index in [0.717, 1.165) is 11.1 Å². The number of fused-ring (bicyclic) bond motifs is 1. The molecule has 0 atom stereocenters. The summed E-state index contributed by atoms with van der Waals surface area (Å²) in [5, 5.41) is 6.10. The normalized spacial score (nSPS) is 11.0. The van der Waals surface area contributed by atoms with Gasteiger partial charge in [-0.3, -0.25) is 20.0 Å². The average Bonchev–Trinajstić information content (AvgIpc) is 3.10. The van der Waals surface area contributed by atoms with Crippen LogP contribution in [0.5, 0.6) is 0 Å². The van der Waals surface area contributed by atoms with Crippen molar-refractivity contribution in [1.29, 1.82) is 0 Å². The molecule has 2 aromatic carbocycles. The Labute approximate surface area is 171 Å². The number of hydrogen-bond acceptors (Lipinski definition) is 4. The highest BCUT2D eigenvalue weighted by molar-refractivity contribution is 6.30. The highest BCUT2D eigenvalue weighted by Gasteiger charge is 2.15. The molecule has 0 aliphatic heterocycles. The number of nitrogens with one attached hydrogen (secondary N) is 2. The third-order valence-electron chi connectivity index (χ3n) is 4.55. The molecule has 2 N–H and O–H groups in total.